The number of nitrogens with one attached hydrogen (secondary N) is 1. The molecule has 1 aliphatic rings. The molecule has 0 radical (unpaired) electrons. The van der Waals surface area contributed by atoms with E-state index in [1.807, 2.05) is 71.5 Å². The zero-order valence-corrected chi connectivity index (χ0v) is 15.2. The van der Waals surface area contributed by atoms with Crippen molar-refractivity contribution < 1.29 is 9.72 Å². The first kappa shape index (κ1) is 17.9. The Balaban J connectivity index is 1.53. The van der Waals surface area contributed by atoms with Crippen molar-refractivity contribution in [2.24, 2.45) is 5.92 Å². The summed E-state index contributed by atoms with van der Waals surface area (Å²) in [5.41, 5.74) is 3.78. The van der Waals surface area contributed by atoms with E-state index >= 15 is 0 Å². The third kappa shape index (κ3) is 3.93. The van der Waals surface area contributed by atoms with E-state index < -0.39 is 12.0 Å². The van der Waals surface area contributed by atoms with Crippen LogP contribution in [0.1, 0.15) is 17.5 Å². The van der Waals surface area contributed by atoms with Gasteiger partial charge in [-0.25, -0.2) is 0 Å². The van der Waals surface area contributed by atoms with Crippen molar-refractivity contribution in [3.8, 4) is 11.3 Å². The van der Waals surface area contributed by atoms with Crippen LogP contribution >= 0.6 is 0 Å². The Morgan fingerprint density at radius 1 is 1.14 bits per heavy atom. The Morgan fingerprint density at radius 3 is 2.46 bits per heavy atom. The van der Waals surface area contributed by atoms with E-state index in [1.165, 1.54) is 0 Å². The van der Waals surface area contributed by atoms with Gasteiger partial charge in [-0.1, -0.05) is 60.7 Å². The predicted molar refractivity (Wildman–Crippen MR) is 104 cm³/mol. The molecule has 1 heterocycles. The van der Waals surface area contributed by atoms with Crippen LogP contribution in [-0.4, -0.2) is 26.7 Å². The number of nitrogens with zero attached hydrogens (tertiary/aromatic N) is 3. The largest absolute Gasteiger partial charge is 0.351 e. The van der Waals surface area contributed by atoms with E-state index in [9.17, 15) is 14.9 Å². The topological polar surface area (TPSA) is 90.1 Å². The third-order valence-electron chi connectivity index (χ3n) is 4.89. The van der Waals surface area contributed by atoms with Crippen LogP contribution < -0.4 is 5.32 Å². The molecule has 1 aromatic heterocycles. The molecule has 0 spiro atoms. The van der Waals surface area contributed by atoms with Gasteiger partial charge >= 0.3 is 0 Å². The fourth-order valence-corrected chi connectivity index (χ4v) is 3.29. The summed E-state index contributed by atoms with van der Waals surface area (Å²) in [7, 11) is 0. The molecule has 1 N–H and O–H groups in total. The molecule has 2 unspecified atom stereocenters. The maximum absolute atomic E-state index is 12.2. The van der Waals surface area contributed by atoms with E-state index in [0.717, 1.165) is 22.4 Å². The van der Waals surface area contributed by atoms with Crippen LogP contribution in [0.4, 0.5) is 0 Å². The fraction of sp³-hybridized carbons (Fsp3) is 0.238. The lowest BCUT2D eigenvalue weighted by Crippen LogP contribution is -2.26. The van der Waals surface area contributed by atoms with E-state index in [1.54, 1.807) is 0 Å². The number of nitro groups is 1. The van der Waals surface area contributed by atoms with E-state index in [2.05, 4.69) is 5.32 Å². The number of aromatic nitrogens is 2. The minimum absolute atomic E-state index is 0.267. The highest BCUT2D eigenvalue weighted by molar-refractivity contribution is 5.82. The molecule has 3 aromatic rings. The van der Waals surface area contributed by atoms with Gasteiger partial charge in [0.2, 0.25) is 11.9 Å². The lowest BCUT2D eigenvalue weighted by atomic mass is 10.1. The van der Waals surface area contributed by atoms with Gasteiger partial charge in [0, 0.05) is 35.2 Å². The fourth-order valence-electron chi connectivity index (χ4n) is 3.29. The van der Waals surface area contributed by atoms with Gasteiger partial charge in [-0.15, -0.1) is 0 Å². The minimum atomic E-state index is -0.741. The zero-order chi connectivity index (χ0) is 19.5. The zero-order valence-electron chi connectivity index (χ0n) is 15.2. The van der Waals surface area contributed by atoms with Crippen LogP contribution in [0.25, 0.3) is 11.3 Å². The van der Waals surface area contributed by atoms with Crippen molar-refractivity contribution >= 4 is 5.91 Å². The summed E-state index contributed by atoms with van der Waals surface area (Å²) in [4.78, 5) is 22.6. The molecule has 2 atom stereocenters. The minimum Gasteiger partial charge on any atom is -0.351 e. The highest BCUT2D eigenvalue weighted by Gasteiger charge is 2.53. The Hall–Kier alpha value is -3.48. The first-order valence-corrected chi connectivity index (χ1v) is 9.18. The summed E-state index contributed by atoms with van der Waals surface area (Å²) >= 11 is 0. The van der Waals surface area contributed by atoms with Crippen molar-refractivity contribution in [3.05, 3.63) is 88.1 Å². The first-order valence-electron chi connectivity index (χ1n) is 9.18. The van der Waals surface area contributed by atoms with Gasteiger partial charge in [0.1, 0.15) is 5.92 Å². The maximum atomic E-state index is 12.2. The van der Waals surface area contributed by atoms with Gasteiger partial charge in [-0.05, 0) is 5.56 Å². The summed E-state index contributed by atoms with van der Waals surface area (Å²) in [5, 5.41) is 18.3. The molecule has 4 rings (SSSR count). The molecule has 2 aromatic carbocycles. The van der Waals surface area contributed by atoms with Crippen LogP contribution in [0.3, 0.4) is 0 Å². The van der Waals surface area contributed by atoms with Crippen molar-refractivity contribution in [1.82, 2.24) is 15.1 Å². The third-order valence-corrected chi connectivity index (χ3v) is 4.89. The average molecular weight is 376 g/mol. The Bertz CT molecular complexity index is 985. The molecule has 7 nitrogen and oxygen atoms in total. The van der Waals surface area contributed by atoms with Gasteiger partial charge in [0.15, 0.2) is 0 Å². The number of carbonyl (C=O) groups is 1. The predicted octanol–water partition coefficient (Wildman–Crippen LogP) is 2.88. The Labute approximate surface area is 162 Å². The number of amides is 1. The maximum Gasteiger partial charge on any atom is 0.230 e. The first-order chi connectivity index (χ1) is 13.6. The van der Waals surface area contributed by atoms with E-state index in [0.29, 0.717) is 19.5 Å². The van der Waals surface area contributed by atoms with Crippen LogP contribution in [0.15, 0.2) is 66.9 Å². The molecule has 0 bridgehead atoms. The van der Waals surface area contributed by atoms with Gasteiger partial charge in [-0.2, -0.15) is 5.10 Å². The molecule has 1 fully saturated rings. The monoisotopic (exact) mass is 376 g/mol. The van der Waals surface area contributed by atoms with Gasteiger partial charge in [0.25, 0.3) is 0 Å². The van der Waals surface area contributed by atoms with E-state index in [-0.39, 0.29) is 10.8 Å². The van der Waals surface area contributed by atoms with Crippen LogP contribution in [0.2, 0.25) is 0 Å². The summed E-state index contributed by atoms with van der Waals surface area (Å²) in [6.07, 6.45) is 2.24. The second kappa shape index (κ2) is 7.64. The van der Waals surface area contributed by atoms with Crippen LogP contribution in [-0.2, 0) is 17.9 Å². The number of hydrogen-bond donors (Lipinski definition) is 1. The Morgan fingerprint density at radius 2 is 1.82 bits per heavy atom. The molecule has 0 saturated heterocycles. The highest BCUT2D eigenvalue weighted by Crippen LogP contribution is 2.33. The molecule has 7 heteroatoms. The summed E-state index contributed by atoms with van der Waals surface area (Å²) in [6, 6.07) is 19.1. The normalized spacial score (nSPS) is 17.9. The highest BCUT2D eigenvalue weighted by atomic mass is 16.6. The number of carbonyl (C=O) groups excluding carboxylic acids is 1. The van der Waals surface area contributed by atoms with Gasteiger partial charge in [0.05, 0.1) is 12.2 Å². The Kier molecular flexibility index (Phi) is 4.89. The molecule has 142 valence electrons. The molecular weight excluding hydrogens is 356 g/mol. The lowest BCUT2D eigenvalue weighted by Gasteiger charge is -2.04. The number of rotatable bonds is 7. The molecule has 1 amide bonds. The van der Waals surface area contributed by atoms with Crippen molar-refractivity contribution in [1.29, 1.82) is 0 Å². The van der Waals surface area contributed by atoms with Gasteiger partial charge < -0.3 is 5.32 Å². The lowest BCUT2D eigenvalue weighted by molar-refractivity contribution is -0.497. The molecule has 1 aliphatic carbocycles. The van der Waals surface area contributed by atoms with Crippen molar-refractivity contribution in [2.75, 3.05) is 0 Å². The number of hydrogen-bond acceptors (Lipinski definition) is 4. The molecule has 1 saturated carbocycles. The van der Waals surface area contributed by atoms with Crippen LogP contribution in [0, 0.1) is 16.0 Å². The summed E-state index contributed by atoms with van der Waals surface area (Å²) in [5.74, 6) is -0.786. The molecule has 28 heavy (non-hydrogen) atoms. The average Bonchev–Trinajstić information content (AvgIpc) is 3.43. The second-order valence-electron chi connectivity index (χ2n) is 6.96. The summed E-state index contributed by atoms with van der Waals surface area (Å²) in [6.45, 7) is 0.916. The smallest absolute Gasteiger partial charge is 0.230 e. The van der Waals surface area contributed by atoms with Gasteiger partial charge in [-0.3, -0.25) is 19.6 Å². The standard InChI is InChI=1S/C21H20N4O3/c26-21(18-11-19(18)25(27)28)22-12-17-14-24(13-15-7-3-1-4-8-15)23-20(17)16-9-5-2-6-10-16/h1-10,14,18-19H,11-13H2,(H,22,26). The van der Waals surface area contributed by atoms with E-state index in [4.69, 9.17) is 5.10 Å². The molecule has 0 aliphatic heterocycles. The second-order valence-corrected chi connectivity index (χ2v) is 6.96. The summed E-state index contributed by atoms with van der Waals surface area (Å²) < 4.78 is 1.86. The van der Waals surface area contributed by atoms with Crippen LogP contribution in [0.5, 0.6) is 0 Å². The number of benzene rings is 2. The quantitative estimate of drug-likeness (QED) is 0.507. The van der Waals surface area contributed by atoms with Crippen molar-refractivity contribution in [3.63, 3.8) is 0 Å². The SMILES string of the molecule is O=C(NCc1cn(Cc2ccccc2)nc1-c1ccccc1)C1CC1[N+](=O)[O-]. The van der Waals surface area contributed by atoms with Crippen molar-refractivity contribution in [2.45, 2.75) is 25.6 Å². The molecular formula is C21H20N4O3.